The molecule has 3 unspecified atom stereocenters. The molecule has 308 valence electrons. The maximum Gasteiger partial charge on any atom is 0.275 e. The number of para-hydroxylation sites is 2. The fourth-order valence-corrected chi connectivity index (χ4v) is 8.88. The molecule has 0 spiro atoms. The monoisotopic (exact) mass is 820 g/mol. The van der Waals surface area contributed by atoms with Gasteiger partial charge in [0, 0.05) is 30.6 Å². The number of ether oxygens (including phenoxy) is 3. The van der Waals surface area contributed by atoms with Gasteiger partial charge in [-0.05, 0) is 80.8 Å². The van der Waals surface area contributed by atoms with E-state index in [2.05, 4.69) is 6.07 Å². The number of nitriles is 1. The standard InChI is InChI=1S/C45H49N4O9P/c1-32(2)47(33(3)4)59(56-30-14-29-46)58-44(40-18-11-13-20-42(40)49(52)53)31-43(39-17-10-12-19-41(39)48(50)51)57-45(34-15-8-7-9-16-34,35-21-25-37(54-5)26-22-35)36-23-27-38(55-6)28-24-36/h7-13,15-28,32-33,43-44H,14,30-31H2,1-6H3. The third-order valence-electron chi connectivity index (χ3n) is 9.76. The van der Waals surface area contributed by atoms with Gasteiger partial charge in [0.15, 0.2) is 0 Å². The topological polar surface area (TPSA) is 159 Å². The summed E-state index contributed by atoms with van der Waals surface area (Å²) in [7, 11) is 1.19. The molecule has 0 saturated heterocycles. The number of benzene rings is 5. The van der Waals surface area contributed by atoms with E-state index in [9.17, 15) is 25.5 Å². The average Bonchev–Trinajstić information content (AvgIpc) is 3.25. The second kappa shape index (κ2) is 20.8. The van der Waals surface area contributed by atoms with Crippen LogP contribution in [0.4, 0.5) is 11.4 Å². The molecule has 5 aromatic carbocycles. The Morgan fingerprint density at radius 1 is 0.661 bits per heavy atom. The highest BCUT2D eigenvalue weighted by atomic mass is 31.2. The minimum atomic E-state index is -1.96. The van der Waals surface area contributed by atoms with Crippen molar-refractivity contribution >= 4 is 19.9 Å². The lowest BCUT2D eigenvalue weighted by molar-refractivity contribution is -0.386. The predicted molar refractivity (Wildman–Crippen MR) is 226 cm³/mol. The Morgan fingerprint density at radius 3 is 1.54 bits per heavy atom. The van der Waals surface area contributed by atoms with Crippen molar-refractivity contribution in [3.8, 4) is 17.6 Å². The summed E-state index contributed by atoms with van der Waals surface area (Å²) in [4.78, 5) is 24.6. The van der Waals surface area contributed by atoms with Gasteiger partial charge in [-0.1, -0.05) is 78.9 Å². The van der Waals surface area contributed by atoms with Crippen LogP contribution >= 0.6 is 8.53 Å². The van der Waals surface area contributed by atoms with Gasteiger partial charge in [-0.15, -0.1) is 0 Å². The summed E-state index contributed by atoms with van der Waals surface area (Å²) in [5.74, 6) is 1.21. The van der Waals surface area contributed by atoms with Crippen LogP contribution in [0.2, 0.25) is 0 Å². The van der Waals surface area contributed by atoms with Gasteiger partial charge in [-0.3, -0.25) is 20.2 Å². The molecule has 0 fully saturated rings. The van der Waals surface area contributed by atoms with E-state index in [1.807, 2.05) is 111 Å². The third kappa shape index (κ3) is 10.5. The van der Waals surface area contributed by atoms with Crippen LogP contribution in [-0.2, 0) is 19.4 Å². The number of nitro groups is 2. The molecular formula is C45H49N4O9P. The zero-order valence-corrected chi connectivity index (χ0v) is 34.9. The molecule has 5 rings (SSSR count). The SMILES string of the molecule is COc1ccc(C(OC(CC(OP(OCCC#N)N(C(C)C)C(C)C)c2ccccc2[N+](=O)[O-])c2ccccc2[N+](=O)[O-])(c2ccccc2)c2ccc(OC)cc2)cc1. The van der Waals surface area contributed by atoms with Crippen LogP contribution in [0.25, 0.3) is 0 Å². The number of hydrogen-bond donors (Lipinski definition) is 0. The minimum absolute atomic E-state index is 0.0535. The van der Waals surface area contributed by atoms with Crippen LogP contribution in [-0.4, -0.2) is 47.4 Å². The molecule has 14 heteroatoms. The third-order valence-corrected chi connectivity index (χ3v) is 11.9. The quantitative estimate of drug-likeness (QED) is 0.0228. The molecule has 0 amide bonds. The maximum absolute atomic E-state index is 12.9. The van der Waals surface area contributed by atoms with Crippen molar-refractivity contribution in [3.05, 3.63) is 175 Å². The van der Waals surface area contributed by atoms with Gasteiger partial charge in [0.05, 0.1) is 60.4 Å². The highest BCUT2D eigenvalue weighted by Crippen LogP contribution is 2.54. The Kier molecular flexibility index (Phi) is 15.6. The molecule has 3 atom stereocenters. The largest absolute Gasteiger partial charge is 0.497 e. The molecule has 0 aliphatic carbocycles. The summed E-state index contributed by atoms with van der Waals surface area (Å²) >= 11 is 0. The van der Waals surface area contributed by atoms with Crippen molar-refractivity contribution in [3.63, 3.8) is 0 Å². The number of nitro benzene ring substituents is 2. The lowest BCUT2D eigenvalue weighted by atomic mass is 9.79. The molecule has 5 aromatic rings. The summed E-state index contributed by atoms with van der Waals surface area (Å²) in [6.45, 7) is 8.01. The van der Waals surface area contributed by atoms with Crippen molar-refractivity contribution in [2.24, 2.45) is 0 Å². The lowest BCUT2D eigenvalue weighted by Gasteiger charge is -2.41. The summed E-state index contributed by atoms with van der Waals surface area (Å²) in [6.07, 6.45) is -2.32. The molecule has 0 radical (unpaired) electrons. The predicted octanol–water partition coefficient (Wildman–Crippen LogP) is 11.0. The van der Waals surface area contributed by atoms with E-state index in [4.69, 9.17) is 23.3 Å². The molecule has 59 heavy (non-hydrogen) atoms. The second-order valence-corrected chi connectivity index (χ2v) is 15.5. The zero-order valence-electron chi connectivity index (χ0n) is 34.0. The van der Waals surface area contributed by atoms with E-state index in [0.29, 0.717) is 28.2 Å². The molecule has 0 aliphatic rings. The fourth-order valence-electron chi connectivity index (χ4n) is 7.16. The number of hydrogen-bond acceptors (Lipinski definition) is 11. The Balaban J connectivity index is 1.83. The Morgan fingerprint density at radius 2 is 1.10 bits per heavy atom. The van der Waals surface area contributed by atoms with E-state index in [1.54, 1.807) is 50.6 Å². The first-order chi connectivity index (χ1) is 28.4. The van der Waals surface area contributed by atoms with Crippen molar-refractivity contribution in [1.29, 1.82) is 5.26 Å². The van der Waals surface area contributed by atoms with E-state index in [1.165, 1.54) is 12.1 Å². The molecule has 0 aliphatic heterocycles. The molecule has 13 nitrogen and oxygen atoms in total. The zero-order chi connectivity index (χ0) is 42.5. The average molecular weight is 821 g/mol. The van der Waals surface area contributed by atoms with Crippen molar-refractivity contribution in [1.82, 2.24) is 4.67 Å². The van der Waals surface area contributed by atoms with E-state index in [-0.39, 0.29) is 54.0 Å². The van der Waals surface area contributed by atoms with Crippen LogP contribution in [0, 0.1) is 31.6 Å². The fraction of sp³-hybridized carbons (Fsp3) is 0.311. The second-order valence-electron chi connectivity index (χ2n) is 14.1. The highest BCUT2D eigenvalue weighted by molar-refractivity contribution is 7.44. The molecular weight excluding hydrogens is 771 g/mol. The molecule has 0 saturated carbocycles. The van der Waals surface area contributed by atoms with Gasteiger partial charge in [0.1, 0.15) is 23.2 Å². The first kappa shape index (κ1) is 44.4. The van der Waals surface area contributed by atoms with Crippen molar-refractivity contribution in [2.45, 2.75) is 70.4 Å². The first-order valence-corrected chi connectivity index (χ1v) is 20.3. The Bertz CT molecular complexity index is 2130. The molecule has 0 aromatic heterocycles. The summed E-state index contributed by atoms with van der Waals surface area (Å²) in [6, 6.07) is 38.8. The lowest BCUT2D eigenvalue weighted by Crippen LogP contribution is -2.36. The van der Waals surface area contributed by atoms with Crippen LogP contribution in [0.15, 0.2) is 127 Å². The summed E-state index contributed by atoms with van der Waals surface area (Å²) in [5, 5.41) is 35.0. The highest BCUT2D eigenvalue weighted by Gasteiger charge is 2.44. The summed E-state index contributed by atoms with van der Waals surface area (Å²) in [5.41, 5.74) is 0.657. The van der Waals surface area contributed by atoms with Gasteiger partial charge in [-0.2, -0.15) is 5.26 Å². The van der Waals surface area contributed by atoms with E-state index >= 15 is 0 Å². The maximum atomic E-state index is 12.9. The number of nitrogens with zero attached hydrogens (tertiary/aromatic N) is 4. The van der Waals surface area contributed by atoms with E-state index in [0.717, 1.165) is 0 Å². The minimum Gasteiger partial charge on any atom is -0.497 e. The molecule has 0 bridgehead atoms. The number of rotatable bonds is 21. The number of methoxy groups -OCH3 is 2. The van der Waals surface area contributed by atoms with Crippen LogP contribution in [0.3, 0.4) is 0 Å². The van der Waals surface area contributed by atoms with Crippen molar-refractivity contribution < 1.29 is 33.1 Å². The van der Waals surface area contributed by atoms with Gasteiger partial charge >= 0.3 is 0 Å². The van der Waals surface area contributed by atoms with Gasteiger partial charge in [0.25, 0.3) is 19.9 Å². The summed E-state index contributed by atoms with van der Waals surface area (Å²) < 4.78 is 34.0. The Labute approximate surface area is 346 Å². The van der Waals surface area contributed by atoms with Gasteiger partial charge in [-0.25, -0.2) is 4.67 Å². The molecule has 0 heterocycles. The van der Waals surface area contributed by atoms with Crippen LogP contribution < -0.4 is 9.47 Å². The van der Waals surface area contributed by atoms with Gasteiger partial charge < -0.3 is 23.3 Å². The van der Waals surface area contributed by atoms with Crippen molar-refractivity contribution in [2.75, 3.05) is 20.8 Å². The van der Waals surface area contributed by atoms with Crippen LogP contribution in [0.1, 0.15) is 80.6 Å². The first-order valence-electron chi connectivity index (χ1n) is 19.2. The smallest absolute Gasteiger partial charge is 0.275 e. The molecule has 0 N–H and O–H groups in total. The van der Waals surface area contributed by atoms with E-state index < -0.39 is 36.2 Å². The van der Waals surface area contributed by atoms with Gasteiger partial charge in [0.2, 0.25) is 0 Å². The Hall–Kier alpha value is -5.74. The normalized spacial score (nSPS) is 13.2. The van der Waals surface area contributed by atoms with Crippen LogP contribution in [0.5, 0.6) is 11.5 Å².